The third-order valence-electron chi connectivity index (χ3n) is 3.47. The number of rotatable bonds is 5. The van der Waals surface area contributed by atoms with Crippen molar-refractivity contribution in [3.05, 3.63) is 35.9 Å². The van der Waals surface area contributed by atoms with Gasteiger partial charge in [0.05, 0.1) is 18.4 Å². The lowest BCUT2D eigenvalue weighted by Crippen LogP contribution is -2.36. The van der Waals surface area contributed by atoms with E-state index in [1.54, 1.807) is 7.05 Å². The van der Waals surface area contributed by atoms with Gasteiger partial charge in [-0.05, 0) is 11.6 Å². The van der Waals surface area contributed by atoms with Gasteiger partial charge in [0.1, 0.15) is 0 Å². The summed E-state index contributed by atoms with van der Waals surface area (Å²) in [6, 6.07) is 2.09. The van der Waals surface area contributed by atoms with Crippen LogP contribution in [0.25, 0.3) is 0 Å². The minimum absolute atomic E-state index is 0.672. The fourth-order valence-corrected chi connectivity index (χ4v) is 2.26. The number of anilines is 1. The molecule has 0 radical (unpaired) electrons. The molecule has 2 rings (SSSR count). The van der Waals surface area contributed by atoms with E-state index in [9.17, 15) is 0 Å². The van der Waals surface area contributed by atoms with Crippen LogP contribution in [0.5, 0.6) is 0 Å². The fourth-order valence-electron chi connectivity index (χ4n) is 2.26. The molecule has 0 amide bonds. The molecule has 22 heavy (non-hydrogen) atoms. The Hall–Kier alpha value is -2.44. The van der Waals surface area contributed by atoms with E-state index in [0.29, 0.717) is 6.54 Å². The van der Waals surface area contributed by atoms with Gasteiger partial charge in [-0.2, -0.15) is 0 Å². The Balaban J connectivity index is 1.89. The molecule has 2 N–H and O–H groups in total. The zero-order valence-electron chi connectivity index (χ0n) is 14.0. The van der Waals surface area contributed by atoms with Crippen molar-refractivity contribution in [2.24, 2.45) is 19.1 Å². The summed E-state index contributed by atoms with van der Waals surface area (Å²) in [5.74, 6) is 1.71. The fraction of sp³-hybridized carbons (Fsp3) is 0.467. The van der Waals surface area contributed by atoms with Crippen molar-refractivity contribution < 1.29 is 0 Å². The first-order chi connectivity index (χ1) is 10.5. The maximum atomic E-state index is 4.40. The molecule has 0 aliphatic heterocycles. The lowest BCUT2D eigenvalue weighted by atomic mass is 10.3. The van der Waals surface area contributed by atoms with E-state index in [4.69, 9.17) is 0 Å². The number of nitrogens with one attached hydrogen (secondary N) is 2. The van der Waals surface area contributed by atoms with Gasteiger partial charge in [-0.1, -0.05) is 0 Å². The van der Waals surface area contributed by atoms with Crippen LogP contribution in [0.3, 0.4) is 0 Å². The minimum atomic E-state index is 0.672. The Morgan fingerprint density at radius 2 is 2.00 bits per heavy atom. The van der Waals surface area contributed by atoms with Crippen LogP contribution >= 0.6 is 0 Å². The Morgan fingerprint density at radius 1 is 1.27 bits per heavy atom. The number of guanidine groups is 1. The molecule has 0 bridgehead atoms. The van der Waals surface area contributed by atoms with E-state index in [1.807, 2.05) is 50.1 Å². The normalized spacial score (nSPS) is 11.6. The van der Waals surface area contributed by atoms with Crippen molar-refractivity contribution in [1.29, 1.82) is 0 Å². The second kappa shape index (κ2) is 7.02. The highest BCUT2D eigenvalue weighted by Crippen LogP contribution is 2.10. The molecule has 2 aromatic heterocycles. The summed E-state index contributed by atoms with van der Waals surface area (Å²) in [6.45, 7) is 1.42. The average Bonchev–Trinajstić information content (AvgIpc) is 3.05. The molecule has 120 valence electrons. The van der Waals surface area contributed by atoms with Gasteiger partial charge in [0.2, 0.25) is 5.95 Å². The number of hydrogen-bond donors (Lipinski definition) is 2. The maximum absolute atomic E-state index is 4.40. The summed E-state index contributed by atoms with van der Waals surface area (Å²) in [6.07, 6.45) is 6.00. The van der Waals surface area contributed by atoms with Gasteiger partial charge >= 0.3 is 0 Å². The number of aromatic nitrogens is 3. The maximum Gasteiger partial charge on any atom is 0.204 e. The largest absolute Gasteiger partial charge is 0.357 e. The van der Waals surface area contributed by atoms with Gasteiger partial charge in [0.25, 0.3) is 0 Å². The van der Waals surface area contributed by atoms with Gasteiger partial charge in [0.15, 0.2) is 5.96 Å². The van der Waals surface area contributed by atoms with Crippen LogP contribution < -0.4 is 15.5 Å². The molecule has 2 heterocycles. The van der Waals surface area contributed by atoms with Crippen molar-refractivity contribution in [2.45, 2.75) is 13.1 Å². The monoisotopic (exact) mass is 303 g/mol. The number of imidazole rings is 1. The van der Waals surface area contributed by atoms with Crippen LogP contribution in [0.4, 0.5) is 5.95 Å². The van der Waals surface area contributed by atoms with E-state index >= 15 is 0 Å². The highest BCUT2D eigenvalue weighted by atomic mass is 15.3. The van der Waals surface area contributed by atoms with Crippen LogP contribution in [0.15, 0.2) is 29.6 Å². The first kappa shape index (κ1) is 15.9. The molecule has 0 aliphatic rings. The van der Waals surface area contributed by atoms with E-state index in [1.165, 1.54) is 5.56 Å². The predicted octanol–water partition coefficient (Wildman–Crippen LogP) is 0.690. The highest BCUT2D eigenvalue weighted by Gasteiger charge is 2.08. The number of aliphatic imine (C=N–C) groups is 1. The van der Waals surface area contributed by atoms with Gasteiger partial charge in [-0.15, -0.1) is 0 Å². The third kappa shape index (κ3) is 3.81. The first-order valence-electron chi connectivity index (χ1n) is 7.24. The van der Waals surface area contributed by atoms with Crippen molar-refractivity contribution >= 4 is 11.9 Å². The van der Waals surface area contributed by atoms with E-state index in [-0.39, 0.29) is 0 Å². The van der Waals surface area contributed by atoms with E-state index in [0.717, 1.165) is 24.1 Å². The Kier molecular flexibility index (Phi) is 5.08. The van der Waals surface area contributed by atoms with E-state index < -0.39 is 0 Å². The van der Waals surface area contributed by atoms with Gasteiger partial charge in [-0.3, -0.25) is 4.99 Å². The topological polar surface area (TPSA) is 62.4 Å². The number of hydrogen-bond acceptors (Lipinski definition) is 3. The number of nitrogens with zero attached hydrogens (tertiary/aromatic N) is 5. The molecule has 0 aliphatic carbocycles. The molecule has 0 saturated heterocycles. The molecule has 7 nitrogen and oxygen atoms in total. The van der Waals surface area contributed by atoms with Crippen LogP contribution in [0.2, 0.25) is 0 Å². The summed E-state index contributed by atoms with van der Waals surface area (Å²) >= 11 is 0. The van der Waals surface area contributed by atoms with E-state index in [2.05, 4.69) is 37.4 Å². The smallest absolute Gasteiger partial charge is 0.204 e. The molecule has 2 aromatic rings. The van der Waals surface area contributed by atoms with Crippen LogP contribution in [0.1, 0.15) is 11.3 Å². The molecule has 0 unspecified atom stereocenters. The predicted molar refractivity (Wildman–Crippen MR) is 90.0 cm³/mol. The SMILES string of the molecule is CN=C(NCc1ccn(C)c1)NCc1cnc(N(C)C)n1C. The quantitative estimate of drug-likeness (QED) is 0.630. The summed E-state index contributed by atoms with van der Waals surface area (Å²) in [4.78, 5) is 10.6. The van der Waals surface area contributed by atoms with Crippen LogP contribution in [0, 0.1) is 0 Å². The van der Waals surface area contributed by atoms with Crippen LogP contribution in [-0.2, 0) is 27.2 Å². The third-order valence-corrected chi connectivity index (χ3v) is 3.47. The summed E-state index contributed by atoms with van der Waals surface area (Å²) < 4.78 is 4.10. The molecule has 0 fully saturated rings. The lowest BCUT2D eigenvalue weighted by Gasteiger charge is -2.14. The molecule has 0 aromatic carbocycles. The zero-order valence-corrected chi connectivity index (χ0v) is 14.0. The molecule has 0 atom stereocenters. The zero-order chi connectivity index (χ0) is 16.1. The molecule has 0 saturated carbocycles. The Bertz CT molecular complexity index is 636. The van der Waals surface area contributed by atoms with Gasteiger partial charge < -0.3 is 24.7 Å². The Morgan fingerprint density at radius 3 is 2.55 bits per heavy atom. The summed E-state index contributed by atoms with van der Waals surface area (Å²) in [5, 5.41) is 6.61. The van der Waals surface area contributed by atoms with Crippen molar-refractivity contribution in [3.8, 4) is 0 Å². The lowest BCUT2D eigenvalue weighted by molar-refractivity contribution is 0.743. The Labute approximate surface area is 131 Å². The summed E-state index contributed by atoms with van der Waals surface area (Å²) in [7, 11) is 9.77. The molecule has 0 spiro atoms. The molecule has 7 heteroatoms. The minimum Gasteiger partial charge on any atom is -0.357 e. The van der Waals surface area contributed by atoms with Crippen LogP contribution in [-0.4, -0.2) is 41.2 Å². The first-order valence-corrected chi connectivity index (χ1v) is 7.24. The average molecular weight is 303 g/mol. The van der Waals surface area contributed by atoms with Crippen molar-refractivity contribution in [1.82, 2.24) is 24.8 Å². The van der Waals surface area contributed by atoms with Crippen molar-refractivity contribution in [3.63, 3.8) is 0 Å². The number of aryl methyl sites for hydroxylation is 1. The second-order valence-corrected chi connectivity index (χ2v) is 5.47. The highest BCUT2D eigenvalue weighted by molar-refractivity contribution is 5.79. The van der Waals surface area contributed by atoms with Gasteiger partial charge in [-0.25, -0.2) is 4.98 Å². The van der Waals surface area contributed by atoms with Gasteiger partial charge in [0, 0.05) is 54.2 Å². The molecular formula is C15H25N7. The molecular weight excluding hydrogens is 278 g/mol. The summed E-state index contributed by atoms with van der Waals surface area (Å²) in [5.41, 5.74) is 2.33. The van der Waals surface area contributed by atoms with Crippen molar-refractivity contribution in [2.75, 3.05) is 26.0 Å². The standard InChI is InChI=1S/C15H25N7/c1-16-14(17-8-12-6-7-21(4)11-12)18-9-13-10-19-15(20(2)3)22(13)5/h6-7,10-11H,8-9H2,1-5H3,(H2,16,17,18). The second-order valence-electron chi connectivity index (χ2n) is 5.47.